The van der Waals surface area contributed by atoms with Crippen molar-refractivity contribution < 1.29 is 9.90 Å². The zero-order chi connectivity index (χ0) is 11.4. The molecule has 0 atom stereocenters. The molecular weight excluding hydrogens is 236 g/mol. The summed E-state index contributed by atoms with van der Waals surface area (Å²) < 4.78 is 0. The highest BCUT2D eigenvalue weighted by Gasteiger charge is 2.12. The van der Waals surface area contributed by atoms with E-state index < -0.39 is 5.97 Å². The Bertz CT molecular complexity index is 385. The molecule has 0 aliphatic heterocycles. The first-order valence-electron chi connectivity index (χ1n) is 4.33. The van der Waals surface area contributed by atoms with Crippen LogP contribution in [0.2, 0.25) is 5.15 Å². The number of hydrogen-bond donors (Lipinski definition) is 1. The summed E-state index contributed by atoms with van der Waals surface area (Å²) in [6.45, 7) is 1.76. The van der Waals surface area contributed by atoms with Gasteiger partial charge in [0.05, 0.1) is 0 Å². The van der Waals surface area contributed by atoms with Gasteiger partial charge in [-0.05, 0) is 19.6 Å². The lowest BCUT2D eigenvalue weighted by Crippen LogP contribution is -2.03. The molecule has 0 fully saturated rings. The van der Waals surface area contributed by atoms with Crippen molar-refractivity contribution in [2.24, 2.45) is 0 Å². The van der Waals surface area contributed by atoms with Crippen LogP contribution in [0.25, 0.3) is 0 Å². The number of thioether (sulfide) groups is 1. The number of carboxylic acid groups (broad SMARTS) is 1. The molecule has 0 unspecified atom stereocenters. The molecule has 1 aromatic rings. The summed E-state index contributed by atoms with van der Waals surface area (Å²) in [7, 11) is 0. The molecule has 0 amide bonds. The molecule has 4 nitrogen and oxygen atoms in total. The summed E-state index contributed by atoms with van der Waals surface area (Å²) in [4.78, 5) is 18.7. The van der Waals surface area contributed by atoms with E-state index in [0.717, 1.165) is 10.6 Å². The van der Waals surface area contributed by atoms with E-state index in [9.17, 15) is 4.79 Å². The van der Waals surface area contributed by atoms with Gasteiger partial charge in [-0.1, -0.05) is 11.6 Å². The second kappa shape index (κ2) is 5.32. The molecule has 0 saturated heterocycles. The van der Waals surface area contributed by atoms with E-state index in [2.05, 4.69) is 9.97 Å². The fourth-order valence-corrected chi connectivity index (χ4v) is 2.18. The molecule has 0 radical (unpaired) electrons. The maximum Gasteiger partial charge on any atom is 0.303 e. The van der Waals surface area contributed by atoms with Gasteiger partial charge in [-0.15, -0.1) is 11.8 Å². The lowest BCUT2D eigenvalue weighted by molar-refractivity contribution is -0.136. The monoisotopic (exact) mass is 246 g/mol. The molecule has 82 valence electrons. The van der Waals surface area contributed by atoms with Gasteiger partial charge >= 0.3 is 5.97 Å². The van der Waals surface area contributed by atoms with E-state index in [1.807, 2.05) is 6.26 Å². The first kappa shape index (κ1) is 12.3. The van der Waals surface area contributed by atoms with Gasteiger partial charge in [0.1, 0.15) is 16.0 Å². The zero-order valence-electron chi connectivity index (χ0n) is 8.45. The third-order valence-electron chi connectivity index (χ3n) is 1.81. The standard InChI is InChI=1S/C9H11ClN2O2S/c1-5-11-8(10)6(3-4-7(13)14)9(12-5)15-2/h3-4H2,1-2H3,(H,13,14). The van der Waals surface area contributed by atoms with E-state index >= 15 is 0 Å². The molecule has 0 saturated carbocycles. The van der Waals surface area contributed by atoms with Gasteiger partial charge in [0.15, 0.2) is 0 Å². The fraction of sp³-hybridized carbons (Fsp3) is 0.444. The number of aliphatic carboxylic acids is 1. The highest BCUT2D eigenvalue weighted by Crippen LogP contribution is 2.25. The van der Waals surface area contributed by atoms with E-state index in [4.69, 9.17) is 16.7 Å². The molecule has 1 heterocycles. The van der Waals surface area contributed by atoms with Crippen molar-refractivity contribution in [3.63, 3.8) is 0 Å². The number of carboxylic acids is 1. The third-order valence-corrected chi connectivity index (χ3v) is 2.85. The Labute approximate surface area is 97.1 Å². The molecule has 1 aromatic heterocycles. The third kappa shape index (κ3) is 3.35. The predicted octanol–water partition coefficient (Wildman–Crippen LogP) is 2.18. The molecule has 15 heavy (non-hydrogen) atoms. The summed E-state index contributed by atoms with van der Waals surface area (Å²) in [6, 6.07) is 0. The van der Waals surface area contributed by atoms with Crippen molar-refractivity contribution in [1.29, 1.82) is 0 Å². The number of nitrogens with zero attached hydrogens (tertiary/aromatic N) is 2. The van der Waals surface area contributed by atoms with Crippen LogP contribution in [0.3, 0.4) is 0 Å². The summed E-state index contributed by atoms with van der Waals surface area (Å²) in [5.41, 5.74) is 0.720. The minimum absolute atomic E-state index is 0.0414. The number of rotatable bonds is 4. The molecule has 0 aliphatic rings. The van der Waals surface area contributed by atoms with Crippen molar-refractivity contribution in [3.8, 4) is 0 Å². The van der Waals surface area contributed by atoms with Crippen molar-refractivity contribution in [2.45, 2.75) is 24.8 Å². The minimum Gasteiger partial charge on any atom is -0.481 e. The molecule has 0 bridgehead atoms. The predicted molar refractivity (Wildman–Crippen MR) is 59.5 cm³/mol. The number of halogens is 1. The summed E-state index contributed by atoms with van der Waals surface area (Å²) in [5, 5.41) is 9.71. The lowest BCUT2D eigenvalue weighted by Gasteiger charge is -2.07. The van der Waals surface area contributed by atoms with Crippen LogP contribution in [0.5, 0.6) is 0 Å². The van der Waals surface area contributed by atoms with Gasteiger partial charge in [0.2, 0.25) is 0 Å². The van der Waals surface area contributed by atoms with Crippen molar-refractivity contribution in [2.75, 3.05) is 6.26 Å². The Morgan fingerprint density at radius 3 is 2.73 bits per heavy atom. The molecule has 0 aromatic carbocycles. The van der Waals surface area contributed by atoms with Crippen LogP contribution in [0.15, 0.2) is 5.03 Å². The van der Waals surface area contributed by atoms with Crippen molar-refractivity contribution in [1.82, 2.24) is 9.97 Å². The Balaban J connectivity index is 2.98. The maximum absolute atomic E-state index is 10.5. The molecular formula is C9H11ClN2O2S. The van der Waals surface area contributed by atoms with Crippen LogP contribution in [-0.4, -0.2) is 27.3 Å². The van der Waals surface area contributed by atoms with Crippen molar-refractivity contribution >= 4 is 29.3 Å². The summed E-state index contributed by atoms with van der Waals surface area (Å²) >= 11 is 7.39. The second-order valence-electron chi connectivity index (χ2n) is 2.94. The largest absolute Gasteiger partial charge is 0.481 e. The zero-order valence-corrected chi connectivity index (χ0v) is 10.0. The first-order valence-corrected chi connectivity index (χ1v) is 5.93. The van der Waals surface area contributed by atoms with Gasteiger partial charge in [-0.2, -0.15) is 0 Å². The van der Waals surface area contributed by atoms with Crippen molar-refractivity contribution in [3.05, 3.63) is 16.5 Å². The van der Waals surface area contributed by atoms with Gasteiger partial charge in [-0.3, -0.25) is 4.79 Å². The average molecular weight is 247 g/mol. The average Bonchev–Trinajstić information content (AvgIpc) is 2.14. The maximum atomic E-state index is 10.5. The number of carbonyl (C=O) groups is 1. The molecule has 1 N–H and O–H groups in total. The van der Waals surface area contributed by atoms with Gasteiger partial charge < -0.3 is 5.11 Å². The SMILES string of the molecule is CSc1nc(C)nc(Cl)c1CCC(=O)O. The Hall–Kier alpha value is -0.810. The smallest absolute Gasteiger partial charge is 0.303 e. The van der Waals surface area contributed by atoms with Gasteiger partial charge in [0, 0.05) is 12.0 Å². The molecule has 1 rings (SSSR count). The fourth-order valence-electron chi connectivity index (χ4n) is 1.15. The molecule has 6 heteroatoms. The van der Waals surface area contributed by atoms with Crippen LogP contribution >= 0.6 is 23.4 Å². The van der Waals surface area contributed by atoms with Gasteiger partial charge in [-0.25, -0.2) is 9.97 Å². The quantitative estimate of drug-likeness (QED) is 0.652. The molecule has 0 spiro atoms. The first-order chi connectivity index (χ1) is 7.04. The Morgan fingerprint density at radius 1 is 1.53 bits per heavy atom. The minimum atomic E-state index is -0.848. The lowest BCUT2D eigenvalue weighted by atomic mass is 10.2. The van der Waals surface area contributed by atoms with E-state index in [-0.39, 0.29) is 6.42 Å². The highest BCUT2D eigenvalue weighted by atomic mass is 35.5. The summed E-state index contributed by atoms with van der Waals surface area (Å²) in [6.07, 6.45) is 2.28. The van der Waals surface area contributed by atoms with Crippen LogP contribution < -0.4 is 0 Å². The molecule has 0 aliphatic carbocycles. The van der Waals surface area contributed by atoms with Gasteiger partial charge in [0.25, 0.3) is 0 Å². The van der Waals surface area contributed by atoms with E-state index in [1.54, 1.807) is 6.92 Å². The van der Waals surface area contributed by atoms with E-state index in [0.29, 0.717) is 17.4 Å². The Morgan fingerprint density at radius 2 is 2.20 bits per heavy atom. The van der Waals surface area contributed by atoms with E-state index in [1.165, 1.54) is 11.8 Å². The summed E-state index contributed by atoms with van der Waals surface area (Å²) in [5.74, 6) is -0.248. The second-order valence-corrected chi connectivity index (χ2v) is 4.10. The topological polar surface area (TPSA) is 63.1 Å². The van der Waals surface area contributed by atoms with Crippen LogP contribution in [-0.2, 0) is 11.2 Å². The Kier molecular flexibility index (Phi) is 4.35. The highest BCUT2D eigenvalue weighted by molar-refractivity contribution is 7.98. The number of aromatic nitrogens is 2. The van der Waals surface area contributed by atoms with Crippen LogP contribution in [0.4, 0.5) is 0 Å². The number of aryl methyl sites for hydroxylation is 1. The van der Waals surface area contributed by atoms with Crippen LogP contribution in [0.1, 0.15) is 17.8 Å². The van der Waals surface area contributed by atoms with Crippen LogP contribution in [0, 0.1) is 6.92 Å². The number of hydrogen-bond acceptors (Lipinski definition) is 4. The normalized spacial score (nSPS) is 10.3.